The van der Waals surface area contributed by atoms with Crippen LogP contribution in [-0.4, -0.2) is 64.1 Å². The van der Waals surface area contributed by atoms with E-state index in [2.05, 4.69) is 6.92 Å². The second-order valence-electron chi connectivity index (χ2n) is 12.8. The van der Waals surface area contributed by atoms with E-state index in [9.17, 15) is 19.2 Å². The van der Waals surface area contributed by atoms with Crippen LogP contribution in [0.25, 0.3) is 0 Å². The molecule has 0 bridgehead atoms. The summed E-state index contributed by atoms with van der Waals surface area (Å²) in [6.07, 6.45) is 21.1. The molecule has 0 aliphatic carbocycles. The molecule has 266 valence electrons. The van der Waals surface area contributed by atoms with Gasteiger partial charge in [0.25, 0.3) is 5.24 Å². The minimum absolute atomic E-state index is 0.0742. The Morgan fingerprint density at radius 1 is 0.830 bits per heavy atom. The Bertz CT molecular complexity index is 1070. The van der Waals surface area contributed by atoms with Gasteiger partial charge in [-0.1, -0.05) is 115 Å². The molecule has 0 saturated carbocycles. The lowest BCUT2D eigenvalue weighted by atomic mass is 10.0. The molecule has 1 aliphatic heterocycles. The Balaban J connectivity index is 1.71. The van der Waals surface area contributed by atoms with E-state index in [0.29, 0.717) is 26.1 Å². The van der Waals surface area contributed by atoms with Gasteiger partial charge in [-0.05, 0) is 26.2 Å². The third kappa shape index (κ3) is 16.5. The van der Waals surface area contributed by atoms with Crippen molar-refractivity contribution in [1.82, 2.24) is 9.80 Å². The molecule has 4 amide bonds. The number of imide groups is 2. The fourth-order valence-corrected chi connectivity index (χ4v) is 7.18. The standard InChI is InChI=1S/C37H62N3O6S/c1-5-7-8-9-10-11-12-13-14-15-16-17-18-19-21-27-39(31(3)41)37(44)47-35-25-23-28-45-34(35)30-46-36(43)40(32(4)42)29-33-24-20-22-26-38(33)6-2/h20,22,24,26,34-35H,5-19,21,23,25,27-30H2,1-4H3/q+1. The van der Waals surface area contributed by atoms with Gasteiger partial charge < -0.3 is 9.47 Å². The van der Waals surface area contributed by atoms with E-state index in [0.717, 1.165) is 48.0 Å². The van der Waals surface area contributed by atoms with E-state index in [1.165, 1.54) is 95.8 Å². The Morgan fingerprint density at radius 3 is 1.96 bits per heavy atom. The number of carbonyl (C=O) groups is 4. The predicted molar refractivity (Wildman–Crippen MR) is 188 cm³/mol. The smallest absolute Gasteiger partial charge is 0.417 e. The molecule has 1 aromatic rings. The van der Waals surface area contributed by atoms with Crippen LogP contribution in [-0.2, 0) is 32.2 Å². The highest BCUT2D eigenvalue weighted by atomic mass is 32.2. The van der Waals surface area contributed by atoms with Crippen molar-refractivity contribution in [2.75, 3.05) is 19.8 Å². The third-order valence-corrected chi connectivity index (χ3v) is 10.1. The molecule has 0 radical (unpaired) electrons. The third-order valence-electron chi connectivity index (χ3n) is 8.88. The maximum atomic E-state index is 13.2. The minimum atomic E-state index is -0.744. The van der Waals surface area contributed by atoms with Gasteiger partial charge in [0.1, 0.15) is 25.8 Å². The minimum Gasteiger partial charge on any atom is -0.446 e. The van der Waals surface area contributed by atoms with Gasteiger partial charge in [-0.2, -0.15) is 0 Å². The molecule has 0 spiro atoms. The van der Waals surface area contributed by atoms with Crippen molar-refractivity contribution in [2.45, 2.75) is 161 Å². The van der Waals surface area contributed by atoms with Crippen LogP contribution in [0.15, 0.2) is 24.4 Å². The summed E-state index contributed by atoms with van der Waals surface area (Å²) in [7, 11) is 0. The highest BCUT2D eigenvalue weighted by Crippen LogP contribution is 2.29. The van der Waals surface area contributed by atoms with Gasteiger partial charge in [-0.3, -0.25) is 19.3 Å². The van der Waals surface area contributed by atoms with Crippen LogP contribution in [0.3, 0.4) is 0 Å². The normalized spacial score (nSPS) is 16.1. The average molecular weight is 677 g/mol. The van der Waals surface area contributed by atoms with Gasteiger partial charge >= 0.3 is 6.09 Å². The van der Waals surface area contributed by atoms with Gasteiger partial charge in [0.2, 0.25) is 17.5 Å². The summed E-state index contributed by atoms with van der Waals surface area (Å²) in [4.78, 5) is 53.3. The van der Waals surface area contributed by atoms with Crippen molar-refractivity contribution in [3.8, 4) is 0 Å². The number of carbonyl (C=O) groups excluding carboxylic acids is 4. The second-order valence-corrected chi connectivity index (χ2v) is 13.9. The molecule has 1 aromatic heterocycles. The predicted octanol–water partition coefficient (Wildman–Crippen LogP) is 8.60. The lowest BCUT2D eigenvalue weighted by Gasteiger charge is -2.32. The zero-order valence-electron chi connectivity index (χ0n) is 29.7. The Morgan fingerprint density at radius 2 is 1.40 bits per heavy atom. The topological polar surface area (TPSA) is 97.1 Å². The summed E-state index contributed by atoms with van der Waals surface area (Å²) in [5.74, 6) is -0.669. The summed E-state index contributed by atoms with van der Waals surface area (Å²) in [6.45, 7) is 8.67. The van der Waals surface area contributed by atoms with Gasteiger partial charge in [-0.25, -0.2) is 14.3 Å². The first-order valence-electron chi connectivity index (χ1n) is 18.3. The fraction of sp³-hybridized carbons (Fsp3) is 0.757. The maximum absolute atomic E-state index is 13.2. The Kier molecular flexibility index (Phi) is 21.4. The molecular weight excluding hydrogens is 614 g/mol. The number of amides is 4. The lowest BCUT2D eigenvalue weighted by molar-refractivity contribution is -0.701. The number of ether oxygens (including phenoxy) is 2. The molecule has 1 fully saturated rings. The molecule has 0 aromatic carbocycles. The number of aromatic nitrogens is 1. The first-order valence-corrected chi connectivity index (χ1v) is 19.2. The van der Waals surface area contributed by atoms with Crippen molar-refractivity contribution >= 4 is 34.9 Å². The Labute approximate surface area is 288 Å². The fourth-order valence-electron chi connectivity index (χ4n) is 5.98. The molecule has 0 N–H and O–H groups in total. The number of nitrogens with zero attached hydrogens (tertiary/aromatic N) is 3. The lowest BCUT2D eigenvalue weighted by Crippen LogP contribution is -2.44. The monoisotopic (exact) mass is 676 g/mol. The van der Waals surface area contributed by atoms with Crippen LogP contribution >= 0.6 is 11.8 Å². The quantitative estimate of drug-likeness (QED) is 0.0896. The van der Waals surface area contributed by atoms with Crippen LogP contribution in [0.2, 0.25) is 0 Å². The highest BCUT2D eigenvalue weighted by molar-refractivity contribution is 8.14. The largest absolute Gasteiger partial charge is 0.446 e. The summed E-state index contributed by atoms with van der Waals surface area (Å²) in [6, 6.07) is 5.64. The van der Waals surface area contributed by atoms with Crippen molar-refractivity contribution in [3.63, 3.8) is 0 Å². The molecule has 2 heterocycles. The van der Waals surface area contributed by atoms with Crippen LogP contribution in [0.4, 0.5) is 9.59 Å². The zero-order chi connectivity index (χ0) is 34.3. The van der Waals surface area contributed by atoms with Crippen molar-refractivity contribution in [2.24, 2.45) is 0 Å². The first-order chi connectivity index (χ1) is 22.8. The van der Waals surface area contributed by atoms with Crippen LogP contribution < -0.4 is 4.57 Å². The van der Waals surface area contributed by atoms with Crippen molar-refractivity contribution in [3.05, 3.63) is 30.1 Å². The summed E-state index contributed by atoms with van der Waals surface area (Å²) in [5.41, 5.74) is 0.813. The molecule has 1 saturated heterocycles. The number of unbranched alkanes of at least 4 members (excludes halogenated alkanes) is 14. The summed E-state index contributed by atoms with van der Waals surface area (Å²) >= 11 is 1.09. The summed E-state index contributed by atoms with van der Waals surface area (Å²) in [5, 5.41) is -0.539. The van der Waals surface area contributed by atoms with E-state index in [-0.39, 0.29) is 29.5 Å². The average Bonchev–Trinajstić information content (AvgIpc) is 3.06. The van der Waals surface area contributed by atoms with Gasteiger partial charge in [0.15, 0.2) is 6.20 Å². The van der Waals surface area contributed by atoms with E-state index in [1.807, 2.05) is 35.9 Å². The molecule has 1 aliphatic rings. The second kappa shape index (κ2) is 24.6. The number of rotatable bonds is 22. The van der Waals surface area contributed by atoms with E-state index in [1.54, 1.807) is 0 Å². The van der Waals surface area contributed by atoms with Crippen molar-refractivity contribution < 1.29 is 33.2 Å². The Hall–Kier alpha value is -2.46. The van der Waals surface area contributed by atoms with Crippen molar-refractivity contribution in [1.29, 1.82) is 0 Å². The SMILES string of the molecule is CCCCCCCCCCCCCCCCCN(C(C)=O)C(=O)SC1CCCOC1COC(=O)N(Cc1cccc[n+]1CC)C(C)=O. The van der Waals surface area contributed by atoms with Crippen LogP contribution in [0.5, 0.6) is 0 Å². The molecule has 10 heteroatoms. The molecule has 9 nitrogen and oxygen atoms in total. The van der Waals surface area contributed by atoms with Crippen LogP contribution in [0.1, 0.15) is 143 Å². The zero-order valence-corrected chi connectivity index (χ0v) is 30.5. The van der Waals surface area contributed by atoms with E-state index in [4.69, 9.17) is 9.47 Å². The summed E-state index contributed by atoms with van der Waals surface area (Å²) < 4.78 is 13.4. The van der Waals surface area contributed by atoms with Gasteiger partial charge in [-0.15, -0.1) is 0 Å². The van der Waals surface area contributed by atoms with E-state index >= 15 is 0 Å². The number of pyridine rings is 1. The number of hydrogen-bond acceptors (Lipinski definition) is 7. The molecular formula is C37H62N3O6S+. The molecule has 2 atom stereocenters. The first kappa shape index (κ1) is 40.7. The maximum Gasteiger partial charge on any atom is 0.417 e. The van der Waals surface area contributed by atoms with E-state index < -0.39 is 18.1 Å². The highest BCUT2D eigenvalue weighted by Gasteiger charge is 2.33. The number of thioether (sulfide) groups is 1. The molecule has 2 rings (SSSR count). The van der Waals surface area contributed by atoms with Crippen LogP contribution in [0, 0.1) is 0 Å². The number of aryl methyl sites for hydroxylation is 1. The molecule has 47 heavy (non-hydrogen) atoms. The number of hydrogen-bond donors (Lipinski definition) is 0. The van der Waals surface area contributed by atoms with Gasteiger partial charge in [0, 0.05) is 44.4 Å². The van der Waals surface area contributed by atoms with Gasteiger partial charge in [0.05, 0.1) is 0 Å². The molecule has 2 unspecified atom stereocenters.